The highest BCUT2D eigenvalue weighted by atomic mass is 32.2. The van der Waals surface area contributed by atoms with Gasteiger partial charge in [0.05, 0.1) is 4.75 Å². The Labute approximate surface area is 139 Å². The van der Waals surface area contributed by atoms with Crippen LogP contribution >= 0.6 is 11.9 Å². The molecule has 1 saturated carbocycles. The van der Waals surface area contributed by atoms with Gasteiger partial charge < -0.3 is 4.31 Å². The molecule has 120 valence electrons. The van der Waals surface area contributed by atoms with Crippen molar-refractivity contribution in [3.63, 3.8) is 0 Å². The molecule has 3 fully saturated rings. The third-order valence-electron chi connectivity index (χ3n) is 5.81. The molecule has 0 aromatic heterocycles. The summed E-state index contributed by atoms with van der Waals surface area (Å²) in [4.78, 5) is 2.84. The highest BCUT2D eigenvalue weighted by molar-refractivity contribution is 8.02. The van der Waals surface area contributed by atoms with Crippen LogP contribution in [0.1, 0.15) is 51.4 Å². The minimum absolute atomic E-state index is 0.502. The summed E-state index contributed by atoms with van der Waals surface area (Å²) in [5, 5.41) is 0. The SMILES string of the molecule is c1ccc(N2CCC3(CCN(C4CCCCCC4)C3)S2)cc1. The van der Waals surface area contributed by atoms with Gasteiger partial charge in [-0.3, -0.25) is 4.90 Å². The lowest BCUT2D eigenvalue weighted by Gasteiger charge is -2.29. The second kappa shape index (κ2) is 6.45. The van der Waals surface area contributed by atoms with Crippen molar-refractivity contribution in [3.8, 4) is 0 Å². The summed E-state index contributed by atoms with van der Waals surface area (Å²) in [7, 11) is 0. The summed E-state index contributed by atoms with van der Waals surface area (Å²) < 4.78 is 3.04. The Bertz CT molecular complexity index is 483. The molecule has 22 heavy (non-hydrogen) atoms. The summed E-state index contributed by atoms with van der Waals surface area (Å²) in [5.74, 6) is 0. The van der Waals surface area contributed by atoms with Gasteiger partial charge in [-0.15, -0.1) is 0 Å². The van der Waals surface area contributed by atoms with Crippen LogP contribution in [0, 0.1) is 0 Å². The van der Waals surface area contributed by atoms with E-state index in [2.05, 4.69) is 51.5 Å². The van der Waals surface area contributed by atoms with Crippen molar-refractivity contribution in [1.29, 1.82) is 0 Å². The molecule has 3 aliphatic rings. The maximum Gasteiger partial charge on any atom is 0.0515 e. The molecule has 1 atom stereocenters. The van der Waals surface area contributed by atoms with E-state index in [1.54, 1.807) is 0 Å². The molecule has 1 spiro atoms. The molecule has 0 bridgehead atoms. The second-order valence-electron chi connectivity index (χ2n) is 7.33. The van der Waals surface area contributed by atoms with Gasteiger partial charge in [0, 0.05) is 24.8 Å². The molecule has 1 aromatic rings. The molecular weight excluding hydrogens is 288 g/mol. The van der Waals surface area contributed by atoms with Gasteiger partial charge in [-0.1, -0.05) is 43.9 Å². The van der Waals surface area contributed by atoms with E-state index in [4.69, 9.17) is 0 Å². The minimum atomic E-state index is 0.502. The van der Waals surface area contributed by atoms with Crippen molar-refractivity contribution in [1.82, 2.24) is 4.90 Å². The Morgan fingerprint density at radius 3 is 2.41 bits per heavy atom. The van der Waals surface area contributed by atoms with E-state index in [0.29, 0.717) is 4.75 Å². The Morgan fingerprint density at radius 1 is 0.909 bits per heavy atom. The number of benzene rings is 1. The van der Waals surface area contributed by atoms with Crippen molar-refractivity contribution in [3.05, 3.63) is 30.3 Å². The molecule has 1 aliphatic carbocycles. The molecule has 0 radical (unpaired) electrons. The number of nitrogens with zero attached hydrogens (tertiary/aromatic N) is 2. The first-order valence-electron chi connectivity index (χ1n) is 9.11. The van der Waals surface area contributed by atoms with Crippen LogP contribution in [0.25, 0.3) is 0 Å². The maximum absolute atomic E-state index is 2.84. The smallest absolute Gasteiger partial charge is 0.0515 e. The van der Waals surface area contributed by atoms with Crippen LogP contribution in [0.15, 0.2) is 30.3 Å². The molecule has 4 rings (SSSR count). The molecule has 0 amide bonds. The quantitative estimate of drug-likeness (QED) is 0.576. The molecular formula is C19H28N2S. The van der Waals surface area contributed by atoms with Crippen LogP contribution in [-0.2, 0) is 0 Å². The molecule has 2 saturated heterocycles. The van der Waals surface area contributed by atoms with E-state index in [1.165, 1.54) is 76.7 Å². The summed E-state index contributed by atoms with van der Waals surface area (Å²) >= 11 is 2.14. The summed E-state index contributed by atoms with van der Waals surface area (Å²) in [6.45, 7) is 3.87. The summed E-state index contributed by atoms with van der Waals surface area (Å²) in [6.07, 6.45) is 11.5. The van der Waals surface area contributed by atoms with Crippen molar-refractivity contribution >= 4 is 17.6 Å². The van der Waals surface area contributed by atoms with E-state index >= 15 is 0 Å². The minimum Gasteiger partial charge on any atom is -0.316 e. The van der Waals surface area contributed by atoms with Crippen LogP contribution in [0.5, 0.6) is 0 Å². The fourth-order valence-electron chi connectivity index (χ4n) is 4.50. The van der Waals surface area contributed by atoms with E-state index in [1.807, 2.05) is 0 Å². The van der Waals surface area contributed by atoms with Crippen LogP contribution < -0.4 is 4.31 Å². The third kappa shape index (κ3) is 3.03. The van der Waals surface area contributed by atoms with Gasteiger partial charge in [0.2, 0.25) is 0 Å². The van der Waals surface area contributed by atoms with E-state index in [-0.39, 0.29) is 0 Å². The highest BCUT2D eigenvalue weighted by Crippen LogP contribution is 2.48. The molecule has 1 unspecified atom stereocenters. The Morgan fingerprint density at radius 2 is 1.64 bits per heavy atom. The normalized spacial score (nSPS) is 31.0. The predicted molar refractivity (Wildman–Crippen MR) is 96.4 cm³/mol. The standard InChI is InChI=1S/C19H28N2S/c1-2-5-9-17(8-4-1)20-14-12-19(16-20)13-15-21(22-19)18-10-6-3-7-11-18/h3,6-7,10-11,17H,1-2,4-5,8-9,12-16H2. The number of para-hydroxylation sites is 1. The van der Waals surface area contributed by atoms with Gasteiger partial charge in [0.25, 0.3) is 0 Å². The van der Waals surface area contributed by atoms with Crippen LogP contribution in [0.2, 0.25) is 0 Å². The Balaban J connectivity index is 1.40. The first-order chi connectivity index (χ1) is 10.8. The van der Waals surface area contributed by atoms with Crippen molar-refractivity contribution < 1.29 is 0 Å². The fraction of sp³-hybridized carbons (Fsp3) is 0.684. The predicted octanol–water partition coefficient (Wildman–Crippen LogP) is 4.71. The third-order valence-corrected chi connectivity index (χ3v) is 7.34. The Kier molecular flexibility index (Phi) is 4.36. The van der Waals surface area contributed by atoms with Gasteiger partial charge in [0.1, 0.15) is 0 Å². The zero-order chi connectivity index (χ0) is 14.8. The lowest BCUT2D eigenvalue weighted by atomic mass is 10.0. The van der Waals surface area contributed by atoms with Crippen molar-refractivity contribution in [2.75, 3.05) is 23.9 Å². The summed E-state index contributed by atoms with van der Waals surface area (Å²) in [6, 6.07) is 11.8. The van der Waals surface area contributed by atoms with Crippen molar-refractivity contribution in [2.45, 2.75) is 62.2 Å². The van der Waals surface area contributed by atoms with Gasteiger partial charge in [-0.05, 0) is 56.3 Å². The molecule has 3 heteroatoms. The van der Waals surface area contributed by atoms with Gasteiger partial charge in [-0.25, -0.2) is 0 Å². The highest BCUT2D eigenvalue weighted by Gasteiger charge is 2.46. The average Bonchev–Trinajstić information content (AvgIpc) is 3.07. The van der Waals surface area contributed by atoms with Gasteiger partial charge in [0.15, 0.2) is 0 Å². The summed E-state index contributed by atoms with van der Waals surface area (Å²) in [5.41, 5.74) is 1.39. The average molecular weight is 317 g/mol. The maximum atomic E-state index is 2.84. The van der Waals surface area contributed by atoms with Crippen LogP contribution in [-0.4, -0.2) is 35.3 Å². The van der Waals surface area contributed by atoms with E-state index in [0.717, 1.165) is 6.04 Å². The van der Waals surface area contributed by atoms with E-state index in [9.17, 15) is 0 Å². The number of anilines is 1. The van der Waals surface area contributed by atoms with Gasteiger partial charge in [-0.2, -0.15) is 0 Å². The number of hydrogen-bond acceptors (Lipinski definition) is 3. The largest absolute Gasteiger partial charge is 0.316 e. The Hall–Kier alpha value is -0.670. The lowest BCUT2D eigenvalue weighted by molar-refractivity contribution is 0.216. The fourth-order valence-corrected chi connectivity index (χ4v) is 5.96. The first kappa shape index (κ1) is 14.9. The molecule has 0 N–H and O–H groups in total. The van der Waals surface area contributed by atoms with E-state index < -0.39 is 0 Å². The zero-order valence-electron chi connectivity index (χ0n) is 13.5. The zero-order valence-corrected chi connectivity index (χ0v) is 14.4. The number of hydrogen-bond donors (Lipinski definition) is 0. The van der Waals surface area contributed by atoms with Crippen LogP contribution in [0.4, 0.5) is 5.69 Å². The van der Waals surface area contributed by atoms with Crippen molar-refractivity contribution in [2.24, 2.45) is 0 Å². The topological polar surface area (TPSA) is 6.48 Å². The monoisotopic (exact) mass is 316 g/mol. The number of rotatable bonds is 2. The number of likely N-dealkylation sites (tertiary alicyclic amines) is 1. The molecule has 1 aromatic carbocycles. The molecule has 2 aliphatic heterocycles. The first-order valence-corrected chi connectivity index (χ1v) is 9.88. The lowest BCUT2D eigenvalue weighted by Crippen LogP contribution is -2.36. The van der Waals surface area contributed by atoms with Crippen LogP contribution in [0.3, 0.4) is 0 Å². The molecule has 2 heterocycles. The molecule has 2 nitrogen and oxygen atoms in total. The van der Waals surface area contributed by atoms with Gasteiger partial charge >= 0.3 is 0 Å². The second-order valence-corrected chi connectivity index (χ2v) is 8.82.